The molecule has 2 aromatic heterocycles. The molecule has 3 aromatic rings. The van der Waals surface area contributed by atoms with Gasteiger partial charge in [0, 0.05) is 42.2 Å². The summed E-state index contributed by atoms with van der Waals surface area (Å²) in [6.45, 7) is 15.5. The highest BCUT2D eigenvalue weighted by Crippen LogP contribution is 2.34. The van der Waals surface area contributed by atoms with Gasteiger partial charge in [-0.15, -0.1) is 0 Å². The zero-order chi connectivity index (χ0) is 27.7. The molecule has 0 bridgehead atoms. The maximum Gasteiger partial charge on any atom is 0.259 e. The van der Waals surface area contributed by atoms with E-state index in [1.807, 2.05) is 43.6 Å². The molecule has 2 aliphatic rings. The number of carbonyl (C=O) groups is 1. The Kier molecular flexibility index (Phi) is 7.51. The molecular formula is C31H39N5O3. The number of carbonyl (C=O) groups excluding carboxylic acids is 1. The van der Waals surface area contributed by atoms with Gasteiger partial charge < -0.3 is 19.4 Å². The van der Waals surface area contributed by atoms with Crippen molar-refractivity contribution in [1.29, 1.82) is 0 Å². The zero-order valence-corrected chi connectivity index (χ0v) is 23.8. The number of aromatic nitrogens is 1. The van der Waals surface area contributed by atoms with E-state index in [1.165, 1.54) is 5.57 Å². The molecule has 0 aliphatic carbocycles. The molecule has 2 N–H and O–H groups in total. The molecule has 39 heavy (non-hydrogen) atoms. The molecular weight excluding hydrogens is 490 g/mol. The Hall–Kier alpha value is -3.62. The first kappa shape index (κ1) is 27.0. The van der Waals surface area contributed by atoms with E-state index in [0.29, 0.717) is 11.3 Å². The summed E-state index contributed by atoms with van der Waals surface area (Å²) in [5.41, 5.74) is 10.3. The number of aryl methyl sites for hydroxylation is 2. The number of hydrazine groups is 1. The van der Waals surface area contributed by atoms with E-state index in [2.05, 4.69) is 72.5 Å². The molecule has 2 aliphatic heterocycles. The smallest absolute Gasteiger partial charge is 0.259 e. The molecule has 5 rings (SSSR count). The van der Waals surface area contributed by atoms with Crippen molar-refractivity contribution in [1.82, 2.24) is 10.4 Å². The molecule has 1 aromatic carbocycles. The van der Waals surface area contributed by atoms with Gasteiger partial charge in [-0.3, -0.25) is 14.8 Å². The molecule has 1 fully saturated rings. The van der Waals surface area contributed by atoms with Crippen LogP contribution in [0.1, 0.15) is 67.1 Å². The third kappa shape index (κ3) is 5.72. The molecule has 1 atom stereocenters. The summed E-state index contributed by atoms with van der Waals surface area (Å²) in [6.07, 6.45) is 6.94. The van der Waals surface area contributed by atoms with Crippen molar-refractivity contribution in [3.63, 3.8) is 0 Å². The zero-order valence-electron chi connectivity index (χ0n) is 23.8. The molecule has 1 unspecified atom stereocenters. The fourth-order valence-corrected chi connectivity index (χ4v) is 5.03. The molecule has 8 nitrogen and oxygen atoms in total. The second-order valence-electron chi connectivity index (χ2n) is 11.4. The molecule has 0 radical (unpaired) electrons. The second kappa shape index (κ2) is 10.9. The average Bonchev–Trinajstić information content (AvgIpc) is 3.54. The highest BCUT2D eigenvalue weighted by Gasteiger charge is 2.27. The van der Waals surface area contributed by atoms with E-state index >= 15 is 0 Å². The maximum atomic E-state index is 13.2. The van der Waals surface area contributed by atoms with Crippen molar-refractivity contribution in [3.05, 3.63) is 77.1 Å². The van der Waals surface area contributed by atoms with Gasteiger partial charge in [0.25, 0.3) is 5.91 Å². The number of rotatable bonds is 6. The Labute approximate surface area is 231 Å². The normalized spacial score (nSPS) is 17.9. The minimum atomic E-state index is -0.176. The Balaban J connectivity index is 1.39. The predicted octanol–water partition coefficient (Wildman–Crippen LogP) is 5.82. The van der Waals surface area contributed by atoms with Crippen molar-refractivity contribution in [2.45, 2.75) is 59.4 Å². The lowest BCUT2D eigenvalue weighted by atomic mass is 9.93. The number of amides is 1. The van der Waals surface area contributed by atoms with Crippen molar-refractivity contribution in [2.24, 2.45) is 0 Å². The van der Waals surface area contributed by atoms with Crippen molar-refractivity contribution >= 4 is 28.5 Å². The lowest BCUT2D eigenvalue weighted by Crippen LogP contribution is -2.36. The summed E-state index contributed by atoms with van der Waals surface area (Å²) >= 11 is 0. The highest BCUT2D eigenvalue weighted by atomic mass is 16.5. The van der Waals surface area contributed by atoms with Gasteiger partial charge in [0.15, 0.2) is 0 Å². The van der Waals surface area contributed by atoms with Gasteiger partial charge in [0.2, 0.25) is 0 Å². The van der Waals surface area contributed by atoms with E-state index in [9.17, 15) is 4.79 Å². The first-order chi connectivity index (χ1) is 18.6. The van der Waals surface area contributed by atoms with Gasteiger partial charge in [-0.05, 0) is 55.7 Å². The summed E-state index contributed by atoms with van der Waals surface area (Å²) in [5.74, 6) is 1.24. The Bertz CT molecular complexity index is 1380. The second-order valence-corrected chi connectivity index (χ2v) is 11.4. The summed E-state index contributed by atoms with van der Waals surface area (Å²) in [5, 5.41) is 5.13. The number of hydrogen-bond acceptors (Lipinski definition) is 7. The van der Waals surface area contributed by atoms with E-state index < -0.39 is 0 Å². The Morgan fingerprint density at radius 3 is 2.59 bits per heavy atom. The monoisotopic (exact) mass is 529 g/mol. The van der Waals surface area contributed by atoms with Crippen LogP contribution < -0.4 is 20.7 Å². The molecule has 4 heterocycles. The summed E-state index contributed by atoms with van der Waals surface area (Å²) < 4.78 is 11.4. The third-order valence-corrected chi connectivity index (χ3v) is 7.41. The Morgan fingerprint density at radius 2 is 1.90 bits per heavy atom. The van der Waals surface area contributed by atoms with Crippen LogP contribution in [0.2, 0.25) is 0 Å². The number of ether oxygens (including phenoxy) is 1. The van der Waals surface area contributed by atoms with Crippen LogP contribution in [0.3, 0.4) is 0 Å². The fraction of sp³-hybridized carbons (Fsp3) is 0.419. The van der Waals surface area contributed by atoms with Gasteiger partial charge in [-0.1, -0.05) is 33.8 Å². The molecule has 0 saturated carbocycles. The van der Waals surface area contributed by atoms with Crippen LogP contribution in [0.5, 0.6) is 0 Å². The topological polar surface area (TPSA) is 82.9 Å². The van der Waals surface area contributed by atoms with E-state index in [4.69, 9.17) is 9.15 Å². The number of pyridine rings is 1. The van der Waals surface area contributed by atoms with Crippen LogP contribution in [0.4, 0.5) is 17.1 Å². The molecule has 8 heteroatoms. The lowest BCUT2D eigenvalue weighted by Gasteiger charge is -2.29. The van der Waals surface area contributed by atoms with Gasteiger partial charge in [-0.2, -0.15) is 0 Å². The first-order valence-corrected chi connectivity index (χ1v) is 13.7. The van der Waals surface area contributed by atoms with Gasteiger partial charge in [-0.25, -0.2) is 5.43 Å². The maximum absolute atomic E-state index is 13.2. The van der Waals surface area contributed by atoms with Crippen LogP contribution in [-0.2, 0) is 10.2 Å². The average molecular weight is 530 g/mol. The summed E-state index contributed by atoms with van der Waals surface area (Å²) in [7, 11) is 0. The van der Waals surface area contributed by atoms with Gasteiger partial charge >= 0.3 is 0 Å². The number of hydrogen-bond donors (Lipinski definition) is 2. The van der Waals surface area contributed by atoms with Crippen molar-refractivity contribution in [3.8, 4) is 0 Å². The van der Waals surface area contributed by atoms with E-state index in [1.54, 1.807) is 0 Å². The third-order valence-electron chi connectivity index (χ3n) is 7.41. The SMILES string of the molecule is CCC1NN(c2cc(NC(=O)c3cc(C(C)(C)C)oc3C)ccc2C)C=C1c1cncc(N2CCOCC2)c1. The first-order valence-electron chi connectivity index (χ1n) is 13.7. The lowest BCUT2D eigenvalue weighted by molar-refractivity contribution is 0.102. The standard InChI is InChI=1S/C31H39N5O3/c1-7-27-26(22-14-24(18-32-17-22)35-10-12-38-13-11-35)19-36(34-27)28-15-23(9-8-20(28)2)33-30(37)25-16-29(31(4,5)6)39-21(25)3/h8-9,14-19,27,34H,7,10-13H2,1-6H3,(H,33,37). The van der Waals surface area contributed by atoms with Crippen LogP contribution in [0, 0.1) is 13.8 Å². The number of furan rings is 1. The molecule has 1 amide bonds. The highest BCUT2D eigenvalue weighted by molar-refractivity contribution is 6.05. The fourth-order valence-electron chi connectivity index (χ4n) is 5.03. The largest absolute Gasteiger partial charge is 0.465 e. The van der Waals surface area contributed by atoms with E-state index in [0.717, 1.165) is 66.7 Å². The summed E-state index contributed by atoms with van der Waals surface area (Å²) in [6, 6.07) is 10.2. The molecule has 1 saturated heterocycles. The van der Waals surface area contributed by atoms with Crippen LogP contribution in [-0.4, -0.2) is 43.2 Å². The number of benzene rings is 1. The number of nitrogens with zero attached hydrogens (tertiary/aromatic N) is 3. The molecule has 0 spiro atoms. The van der Waals surface area contributed by atoms with Gasteiger partial charge in [0.05, 0.1) is 42.4 Å². The van der Waals surface area contributed by atoms with Crippen LogP contribution in [0.15, 0.2) is 53.3 Å². The quantitative estimate of drug-likeness (QED) is 0.416. The number of nitrogens with one attached hydrogen (secondary N) is 2. The minimum absolute atomic E-state index is 0.147. The van der Waals surface area contributed by atoms with Crippen LogP contribution >= 0.6 is 0 Å². The predicted molar refractivity (Wildman–Crippen MR) is 156 cm³/mol. The van der Waals surface area contributed by atoms with E-state index in [-0.39, 0.29) is 17.4 Å². The minimum Gasteiger partial charge on any atom is -0.465 e. The Morgan fingerprint density at radius 1 is 1.13 bits per heavy atom. The van der Waals surface area contributed by atoms with Crippen LogP contribution in [0.25, 0.3) is 5.57 Å². The number of morpholine rings is 1. The van der Waals surface area contributed by atoms with Gasteiger partial charge in [0.1, 0.15) is 11.5 Å². The van der Waals surface area contributed by atoms with Crippen molar-refractivity contribution in [2.75, 3.05) is 41.5 Å². The van der Waals surface area contributed by atoms with Crippen molar-refractivity contribution < 1.29 is 13.9 Å². The number of anilines is 3. The molecule has 206 valence electrons. The summed E-state index contributed by atoms with van der Waals surface area (Å²) in [4.78, 5) is 20.0.